The third-order valence-electron chi connectivity index (χ3n) is 4.17. The van der Waals surface area contributed by atoms with Gasteiger partial charge in [-0.25, -0.2) is 0 Å². The number of nitrogens with one attached hydrogen (secondary N) is 2. The molecule has 0 spiro atoms. The first-order valence-corrected chi connectivity index (χ1v) is 8.53. The van der Waals surface area contributed by atoms with Crippen LogP contribution in [-0.2, 0) is 6.42 Å². The normalized spacial score (nSPS) is 11.4. The van der Waals surface area contributed by atoms with Gasteiger partial charge in [0.25, 0.3) is 5.69 Å². The minimum absolute atomic E-state index is 0.0343. The first-order valence-electron chi connectivity index (χ1n) is 8.12. The summed E-state index contributed by atoms with van der Waals surface area (Å²) in [6, 6.07) is 14.2. The van der Waals surface area contributed by atoms with Crippen LogP contribution >= 0.6 is 12.2 Å². The van der Waals surface area contributed by atoms with Crippen molar-refractivity contribution in [1.82, 2.24) is 19.9 Å². The summed E-state index contributed by atoms with van der Waals surface area (Å²) < 4.78 is 1.93. The van der Waals surface area contributed by atoms with Crippen molar-refractivity contribution in [3.8, 4) is 0 Å². The highest BCUT2D eigenvalue weighted by Crippen LogP contribution is 2.20. The number of fused-ring (bicyclic) bond motifs is 1. The number of aromatic amines is 2. The minimum Gasteiger partial charge on any atom is -0.361 e. The summed E-state index contributed by atoms with van der Waals surface area (Å²) in [5, 5.41) is 23.3. The number of rotatable bonds is 5. The Balaban J connectivity index is 1.62. The Morgan fingerprint density at radius 1 is 1.22 bits per heavy atom. The largest absolute Gasteiger partial charge is 0.361 e. The highest BCUT2D eigenvalue weighted by molar-refractivity contribution is 7.71. The predicted molar refractivity (Wildman–Crippen MR) is 105 cm³/mol. The molecular weight excluding hydrogens is 364 g/mol. The number of nitrogens with zero attached hydrogens (tertiary/aromatic N) is 4. The van der Waals surface area contributed by atoms with Crippen LogP contribution in [0.2, 0.25) is 0 Å². The number of benzene rings is 2. The molecule has 0 fully saturated rings. The molecule has 9 heteroatoms. The van der Waals surface area contributed by atoms with E-state index in [0.717, 1.165) is 22.0 Å². The van der Waals surface area contributed by atoms with Crippen molar-refractivity contribution in [3.05, 3.63) is 86.6 Å². The van der Waals surface area contributed by atoms with E-state index >= 15 is 0 Å². The van der Waals surface area contributed by atoms with Crippen molar-refractivity contribution in [3.63, 3.8) is 0 Å². The number of hydrogen-bond donors (Lipinski definition) is 2. The molecule has 0 aliphatic carbocycles. The Kier molecular flexibility index (Phi) is 4.35. The lowest BCUT2D eigenvalue weighted by Gasteiger charge is -2.00. The Bertz CT molecular complexity index is 1200. The van der Waals surface area contributed by atoms with Gasteiger partial charge in [0.1, 0.15) is 0 Å². The van der Waals surface area contributed by atoms with Crippen LogP contribution in [-0.4, -0.2) is 31.0 Å². The lowest BCUT2D eigenvalue weighted by molar-refractivity contribution is -0.384. The summed E-state index contributed by atoms with van der Waals surface area (Å²) >= 11 is 5.27. The Hall–Kier alpha value is -3.59. The average Bonchev–Trinajstić information content (AvgIpc) is 3.25. The van der Waals surface area contributed by atoms with E-state index in [9.17, 15) is 10.1 Å². The number of hydrogen-bond acceptors (Lipinski definition) is 5. The van der Waals surface area contributed by atoms with Gasteiger partial charge < -0.3 is 4.98 Å². The molecule has 4 aromatic rings. The summed E-state index contributed by atoms with van der Waals surface area (Å²) in [5.41, 5.74) is 2.91. The van der Waals surface area contributed by atoms with Gasteiger partial charge in [0.15, 0.2) is 5.82 Å². The van der Waals surface area contributed by atoms with Crippen LogP contribution in [0.4, 0.5) is 5.69 Å². The van der Waals surface area contributed by atoms with Crippen molar-refractivity contribution in [2.75, 3.05) is 0 Å². The standard InChI is InChI=1S/C18H14N6O2S/c25-24(26)14-7-5-12(6-8-14)10-20-23-17(21-22-18(23)27)9-13-11-19-16-4-2-1-3-15(13)16/h1-8,10-11,19H,9H2,(H,22,27)/b20-10+. The monoisotopic (exact) mass is 378 g/mol. The highest BCUT2D eigenvalue weighted by Gasteiger charge is 2.10. The lowest BCUT2D eigenvalue weighted by Crippen LogP contribution is -2.00. The summed E-state index contributed by atoms with van der Waals surface area (Å²) in [7, 11) is 0. The van der Waals surface area contributed by atoms with E-state index in [-0.39, 0.29) is 5.69 Å². The Morgan fingerprint density at radius 2 is 2.00 bits per heavy atom. The zero-order valence-corrected chi connectivity index (χ0v) is 14.8. The van der Waals surface area contributed by atoms with Crippen molar-refractivity contribution < 1.29 is 4.92 Å². The molecular formula is C18H14N6O2S. The molecule has 134 valence electrons. The van der Waals surface area contributed by atoms with E-state index < -0.39 is 4.92 Å². The smallest absolute Gasteiger partial charge is 0.269 e. The minimum atomic E-state index is -0.438. The van der Waals surface area contributed by atoms with E-state index in [2.05, 4.69) is 20.3 Å². The molecule has 2 N–H and O–H groups in total. The zero-order chi connectivity index (χ0) is 18.8. The molecule has 0 amide bonds. The van der Waals surface area contributed by atoms with Crippen molar-refractivity contribution in [2.45, 2.75) is 6.42 Å². The van der Waals surface area contributed by atoms with Crippen LogP contribution < -0.4 is 0 Å². The van der Waals surface area contributed by atoms with Gasteiger partial charge in [0, 0.05) is 35.7 Å². The van der Waals surface area contributed by atoms with Gasteiger partial charge in [-0.2, -0.15) is 14.9 Å². The molecule has 0 saturated carbocycles. The summed E-state index contributed by atoms with van der Waals surface area (Å²) in [6.07, 6.45) is 4.09. The number of nitro benzene ring substituents is 1. The molecule has 2 aromatic heterocycles. The molecule has 4 rings (SSSR count). The lowest BCUT2D eigenvalue weighted by atomic mass is 10.1. The Labute approximate surface area is 158 Å². The second-order valence-electron chi connectivity index (χ2n) is 5.89. The quantitative estimate of drug-likeness (QED) is 0.238. The molecule has 0 bridgehead atoms. The van der Waals surface area contributed by atoms with Crippen LogP contribution in [0.25, 0.3) is 10.9 Å². The van der Waals surface area contributed by atoms with Gasteiger partial charge in [0.05, 0.1) is 11.1 Å². The molecule has 0 radical (unpaired) electrons. The molecule has 0 atom stereocenters. The molecule has 27 heavy (non-hydrogen) atoms. The average molecular weight is 378 g/mol. The maximum atomic E-state index is 10.7. The van der Waals surface area contributed by atoms with Crippen LogP contribution in [0.1, 0.15) is 17.0 Å². The molecule has 0 aliphatic rings. The number of nitro groups is 1. The SMILES string of the molecule is O=[N+]([O-])c1ccc(/C=N/n2c(Cc3c[nH]c4ccccc34)n[nH]c2=S)cc1. The molecule has 2 aromatic carbocycles. The van der Waals surface area contributed by atoms with E-state index in [0.29, 0.717) is 17.0 Å². The molecule has 2 heterocycles. The number of aromatic nitrogens is 4. The fraction of sp³-hybridized carbons (Fsp3) is 0.0556. The van der Waals surface area contributed by atoms with Crippen molar-refractivity contribution in [2.24, 2.45) is 5.10 Å². The Morgan fingerprint density at radius 3 is 2.78 bits per heavy atom. The van der Waals surface area contributed by atoms with Crippen LogP contribution in [0.15, 0.2) is 59.8 Å². The number of non-ortho nitro benzene ring substituents is 1. The summed E-state index contributed by atoms with van der Waals surface area (Å²) in [6.45, 7) is 0. The molecule has 0 unspecified atom stereocenters. The van der Waals surface area contributed by atoms with Gasteiger partial charge in [0.2, 0.25) is 4.77 Å². The van der Waals surface area contributed by atoms with Gasteiger partial charge in [-0.15, -0.1) is 0 Å². The van der Waals surface area contributed by atoms with Crippen LogP contribution in [0.5, 0.6) is 0 Å². The molecule has 8 nitrogen and oxygen atoms in total. The van der Waals surface area contributed by atoms with Crippen LogP contribution in [0, 0.1) is 14.9 Å². The van der Waals surface area contributed by atoms with Gasteiger partial charge in [-0.1, -0.05) is 18.2 Å². The molecule has 0 aliphatic heterocycles. The fourth-order valence-electron chi connectivity index (χ4n) is 2.81. The van der Waals surface area contributed by atoms with E-state index in [1.807, 2.05) is 30.5 Å². The third kappa shape index (κ3) is 3.40. The molecule has 0 saturated heterocycles. The van der Waals surface area contributed by atoms with E-state index in [1.165, 1.54) is 12.1 Å². The first kappa shape index (κ1) is 16.9. The van der Waals surface area contributed by atoms with Crippen LogP contribution in [0.3, 0.4) is 0 Å². The number of H-pyrrole nitrogens is 2. The summed E-state index contributed by atoms with van der Waals surface area (Å²) in [4.78, 5) is 13.5. The maximum absolute atomic E-state index is 10.7. The van der Waals surface area contributed by atoms with Crippen molar-refractivity contribution >= 4 is 35.0 Å². The number of para-hydroxylation sites is 1. The van der Waals surface area contributed by atoms with Gasteiger partial charge in [-0.3, -0.25) is 15.2 Å². The third-order valence-corrected chi connectivity index (χ3v) is 4.43. The second kappa shape index (κ2) is 6.96. The van der Waals surface area contributed by atoms with Gasteiger partial charge in [-0.05, 0) is 41.5 Å². The predicted octanol–water partition coefficient (Wildman–Crippen LogP) is 3.80. The summed E-state index contributed by atoms with van der Waals surface area (Å²) in [5.74, 6) is 0.669. The first-order chi connectivity index (χ1) is 13.1. The van der Waals surface area contributed by atoms with Crippen molar-refractivity contribution in [1.29, 1.82) is 0 Å². The second-order valence-corrected chi connectivity index (χ2v) is 6.27. The van der Waals surface area contributed by atoms with E-state index in [4.69, 9.17) is 12.2 Å². The fourth-order valence-corrected chi connectivity index (χ4v) is 3.01. The zero-order valence-electron chi connectivity index (χ0n) is 14.0. The van der Waals surface area contributed by atoms with Gasteiger partial charge >= 0.3 is 0 Å². The highest BCUT2D eigenvalue weighted by atomic mass is 32.1. The van der Waals surface area contributed by atoms with E-state index in [1.54, 1.807) is 23.0 Å². The topological polar surface area (TPSA) is 105 Å². The maximum Gasteiger partial charge on any atom is 0.269 e.